The highest BCUT2D eigenvalue weighted by Crippen LogP contribution is 2.26. The lowest BCUT2D eigenvalue weighted by atomic mass is 9.99. The van der Waals surface area contributed by atoms with Crippen molar-refractivity contribution in [2.24, 2.45) is 23.3 Å². The summed E-state index contributed by atoms with van der Waals surface area (Å²) in [5.74, 6) is -7.71. The fraction of sp³-hybridized carbons (Fsp3) is 0.786. The van der Waals surface area contributed by atoms with E-state index >= 15 is 0 Å². The van der Waals surface area contributed by atoms with Crippen molar-refractivity contribution < 1.29 is 63.6 Å². The third-order valence-electron chi connectivity index (χ3n) is 12.0. The molecule has 0 radical (unpaired) electrons. The number of carbonyl (C=O) groups is 9. The minimum Gasteiger partial charge on any atom is -0.480 e. The Hall–Kier alpha value is -4.97. The van der Waals surface area contributed by atoms with E-state index in [2.05, 4.69) is 26.6 Å². The summed E-state index contributed by atoms with van der Waals surface area (Å²) in [6, 6.07) is -11.1. The van der Waals surface area contributed by atoms with Crippen LogP contribution in [-0.2, 0) is 43.2 Å². The Morgan fingerprint density at radius 1 is 0.615 bits per heavy atom. The van der Waals surface area contributed by atoms with E-state index in [4.69, 9.17) is 11.5 Å². The van der Waals surface area contributed by atoms with Gasteiger partial charge in [-0.15, -0.1) is 0 Å². The number of unbranched alkanes of at least 4 members (excludes halogenated alkanes) is 1. The summed E-state index contributed by atoms with van der Waals surface area (Å²) in [5.41, 5.74) is 11.4. The van der Waals surface area contributed by atoms with Crippen molar-refractivity contribution in [3.63, 3.8) is 0 Å². The predicted molar refractivity (Wildman–Crippen MR) is 233 cm³/mol. The molecule has 23 nitrogen and oxygen atoms in total. The zero-order valence-electron chi connectivity index (χ0n) is 38.2. The van der Waals surface area contributed by atoms with E-state index in [1.54, 1.807) is 27.7 Å². The molecule has 65 heavy (non-hydrogen) atoms. The van der Waals surface area contributed by atoms with Gasteiger partial charge in [-0.05, 0) is 89.5 Å². The van der Waals surface area contributed by atoms with Crippen LogP contribution in [0.5, 0.6) is 0 Å². The first-order valence-corrected chi connectivity index (χ1v) is 22.7. The van der Waals surface area contributed by atoms with Crippen molar-refractivity contribution in [1.29, 1.82) is 0 Å². The number of rotatable bonds is 24. The summed E-state index contributed by atoms with van der Waals surface area (Å²) < 4.78 is 0. The number of nitrogens with two attached hydrogens (primary N) is 2. The monoisotopic (exact) mass is 925 g/mol. The smallest absolute Gasteiger partial charge is 0.326 e. The molecular formula is C42H72N10O13. The van der Waals surface area contributed by atoms with Gasteiger partial charge in [0.25, 0.3) is 0 Å². The summed E-state index contributed by atoms with van der Waals surface area (Å²) in [5, 5.41) is 52.5. The van der Waals surface area contributed by atoms with Gasteiger partial charge in [-0.25, -0.2) is 4.79 Å². The molecule has 10 atom stereocenters. The van der Waals surface area contributed by atoms with Crippen LogP contribution in [0.15, 0.2) is 0 Å². The first-order valence-electron chi connectivity index (χ1n) is 22.7. The molecule has 3 rings (SSSR count). The van der Waals surface area contributed by atoms with Crippen LogP contribution in [0.2, 0.25) is 0 Å². The van der Waals surface area contributed by atoms with Crippen LogP contribution in [-0.4, -0.2) is 188 Å². The van der Waals surface area contributed by atoms with Crippen LogP contribution < -0.4 is 38.1 Å². The quantitative estimate of drug-likeness (QED) is 0.0411. The number of amides is 8. The number of likely N-dealkylation sites (tertiary alicyclic amines) is 3. The molecule has 0 saturated carbocycles. The van der Waals surface area contributed by atoms with Crippen LogP contribution in [0, 0.1) is 11.8 Å². The Morgan fingerprint density at radius 3 is 1.66 bits per heavy atom. The molecule has 368 valence electrons. The molecule has 0 aromatic rings. The highest BCUT2D eigenvalue weighted by molar-refractivity contribution is 5.98. The first kappa shape index (κ1) is 54.4. The molecular weight excluding hydrogens is 853 g/mol. The Balaban J connectivity index is 1.72. The third kappa shape index (κ3) is 14.8. The van der Waals surface area contributed by atoms with Gasteiger partial charge >= 0.3 is 5.97 Å². The van der Waals surface area contributed by atoms with Gasteiger partial charge in [-0.1, -0.05) is 27.7 Å². The van der Waals surface area contributed by atoms with Crippen molar-refractivity contribution in [2.45, 2.75) is 159 Å². The molecule has 0 unspecified atom stereocenters. The minimum atomic E-state index is -1.59. The van der Waals surface area contributed by atoms with Crippen LogP contribution in [0.4, 0.5) is 0 Å². The second kappa shape index (κ2) is 25.7. The van der Waals surface area contributed by atoms with E-state index in [1.807, 2.05) is 0 Å². The van der Waals surface area contributed by atoms with Gasteiger partial charge < -0.3 is 73.2 Å². The van der Waals surface area contributed by atoms with E-state index < -0.39 is 133 Å². The highest BCUT2D eigenvalue weighted by Gasteiger charge is 2.45. The van der Waals surface area contributed by atoms with Crippen molar-refractivity contribution in [3.8, 4) is 0 Å². The number of carboxylic acids is 1. The van der Waals surface area contributed by atoms with Crippen LogP contribution in [0.25, 0.3) is 0 Å². The standard InChI is InChI=1S/C42H72N10O13/c1-22(2)19-27(42(64)65)46-37(59)32(23(3)4)48-38(60)33(24(5)55)49-36(58)30-13-8-16-50(30)40(62)26(11-6-7-15-43)45-34(56)28(21-54)47-35(57)29-12-9-17-51(29)41(63)31-14-10-18-52(31)39(61)25(44)20-53/h22-33,53-55H,6-21,43-44H2,1-5H3,(H,45,56)(H,46,59)(H,47,57)(H,48,60)(H,49,58)(H,64,65)/t24-,25+,26+,27+,28+,29+,30+,31+,32+,33+/m1/s1. The Morgan fingerprint density at radius 2 is 1.14 bits per heavy atom. The number of aliphatic carboxylic acids is 1. The molecule has 23 heteroatoms. The maximum Gasteiger partial charge on any atom is 0.326 e. The van der Waals surface area contributed by atoms with Crippen LogP contribution in [0.1, 0.15) is 98.8 Å². The SMILES string of the molecule is CC(C)C[C@H](NC(=O)[C@@H](NC(=O)[C@@H](NC(=O)[C@@H]1CCCN1C(=O)[C@H](CCCCN)NC(=O)[C@H](CO)NC(=O)[C@@H]1CCCN1C(=O)[C@@H]1CCCN1C(=O)[C@@H](N)CO)[C@@H](C)O)C(C)C)C(=O)O. The van der Waals surface area contributed by atoms with Gasteiger partial charge in [0.05, 0.1) is 19.3 Å². The highest BCUT2D eigenvalue weighted by atomic mass is 16.4. The van der Waals surface area contributed by atoms with Gasteiger partial charge in [-0.3, -0.25) is 38.4 Å². The molecule has 3 saturated heterocycles. The van der Waals surface area contributed by atoms with Gasteiger partial charge in [0, 0.05) is 19.6 Å². The molecule has 3 fully saturated rings. The van der Waals surface area contributed by atoms with E-state index in [0.29, 0.717) is 38.5 Å². The fourth-order valence-corrected chi connectivity index (χ4v) is 8.45. The van der Waals surface area contributed by atoms with E-state index in [0.717, 1.165) is 0 Å². The Labute approximate surface area is 379 Å². The van der Waals surface area contributed by atoms with Gasteiger partial charge in [0.1, 0.15) is 54.4 Å². The summed E-state index contributed by atoms with van der Waals surface area (Å²) in [7, 11) is 0. The lowest BCUT2D eigenvalue weighted by molar-refractivity contribution is -0.147. The maximum absolute atomic E-state index is 14.2. The van der Waals surface area contributed by atoms with Crippen molar-refractivity contribution in [1.82, 2.24) is 41.3 Å². The summed E-state index contributed by atoms with van der Waals surface area (Å²) in [6.45, 7) is 7.43. The van der Waals surface area contributed by atoms with Crippen molar-refractivity contribution >= 4 is 53.2 Å². The fourth-order valence-electron chi connectivity index (χ4n) is 8.45. The number of carboxylic acid groups (broad SMARTS) is 1. The normalized spacial score (nSPS) is 21.8. The summed E-state index contributed by atoms with van der Waals surface area (Å²) in [6.07, 6.45) is 1.63. The number of carbonyl (C=O) groups excluding carboxylic acids is 8. The van der Waals surface area contributed by atoms with Gasteiger partial charge in [0.2, 0.25) is 47.3 Å². The molecule has 0 spiro atoms. The number of aliphatic hydroxyl groups is 3. The topological polar surface area (TPSA) is 356 Å². The summed E-state index contributed by atoms with van der Waals surface area (Å²) >= 11 is 0. The number of hydrogen-bond acceptors (Lipinski definition) is 14. The number of nitrogens with zero attached hydrogens (tertiary/aromatic N) is 3. The number of aliphatic hydroxyl groups excluding tert-OH is 3. The molecule has 3 heterocycles. The Kier molecular flexibility index (Phi) is 21.5. The molecule has 0 aliphatic carbocycles. The molecule has 0 bridgehead atoms. The Bertz CT molecular complexity index is 1700. The predicted octanol–water partition coefficient (Wildman–Crippen LogP) is -4.01. The molecule has 8 amide bonds. The molecule has 13 N–H and O–H groups in total. The molecule has 0 aromatic heterocycles. The van der Waals surface area contributed by atoms with Crippen LogP contribution in [0.3, 0.4) is 0 Å². The molecule has 3 aliphatic heterocycles. The van der Waals surface area contributed by atoms with E-state index in [-0.39, 0.29) is 57.8 Å². The minimum absolute atomic E-state index is 0.0639. The number of nitrogens with one attached hydrogen (secondary N) is 5. The van der Waals surface area contributed by atoms with Gasteiger partial charge in [0.15, 0.2) is 0 Å². The zero-order valence-corrected chi connectivity index (χ0v) is 38.2. The second-order valence-electron chi connectivity index (χ2n) is 17.9. The van der Waals surface area contributed by atoms with E-state index in [1.165, 1.54) is 21.6 Å². The van der Waals surface area contributed by atoms with Crippen LogP contribution >= 0.6 is 0 Å². The largest absolute Gasteiger partial charge is 0.480 e. The number of hydrogen-bond donors (Lipinski definition) is 11. The second-order valence-corrected chi connectivity index (χ2v) is 17.9. The van der Waals surface area contributed by atoms with E-state index in [9.17, 15) is 63.6 Å². The third-order valence-corrected chi connectivity index (χ3v) is 12.0. The van der Waals surface area contributed by atoms with Crippen molar-refractivity contribution in [3.05, 3.63) is 0 Å². The van der Waals surface area contributed by atoms with Crippen molar-refractivity contribution in [2.75, 3.05) is 39.4 Å². The van der Waals surface area contributed by atoms with Gasteiger partial charge in [-0.2, -0.15) is 0 Å². The lowest BCUT2D eigenvalue weighted by Gasteiger charge is -2.33. The maximum atomic E-state index is 14.2. The average Bonchev–Trinajstić information content (AvgIpc) is 4.06. The molecule has 3 aliphatic rings. The summed E-state index contributed by atoms with van der Waals surface area (Å²) in [4.78, 5) is 124. The first-order chi connectivity index (χ1) is 30.7. The lowest BCUT2D eigenvalue weighted by Crippen LogP contribution is -2.62. The zero-order chi connectivity index (χ0) is 48.7. The average molecular weight is 925 g/mol. The molecule has 0 aromatic carbocycles.